The average molecular weight is 251 g/mol. The highest BCUT2D eigenvalue weighted by molar-refractivity contribution is 6.29. The maximum Gasteiger partial charge on any atom is 0.275 e. The molecular formula is C11H11ClN4O. The van der Waals surface area contributed by atoms with Crippen LogP contribution in [0.15, 0.2) is 12.1 Å². The Bertz CT molecular complexity index is 454. The maximum absolute atomic E-state index is 12.1. The van der Waals surface area contributed by atoms with E-state index in [0.717, 1.165) is 19.3 Å². The smallest absolute Gasteiger partial charge is 0.275 e. The Balaban J connectivity index is 2.18. The molecule has 0 bridgehead atoms. The third-order valence-electron chi connectivity index (χ3n) is 2.76. The fourth-order valence-electron chi connectivity index (χ4n) is 1.89. The Morgan fingerprint density at radius 3 is 2.94 bits per heavy atom. The zero-order valence-electron chi connectivity index (χ0n) is 9.14. The second-order valence-electron chi connectivity index (χ2n) is 3.88. The van der Waals surface area contributed by atoms with Crippen molar-refractivity contribution in [2.45, 2.75) is 25.3 Å². The minimum absolute atomic E-state index is 0.233. The van der Waals surface area contributed by atoms with Crippen LogP contribution in [0.1, 0.15) is 29.8 Å². The predicted octanol–water partition coefficient (Wildman–Crippen LogP) is 1.65. The summed E-state index contributed by atoms with van der Waals surface area (Å²) in [6.45, 7) is 0.599. The van der Waals surface area contributed by atoms with Crippen molar-refractivity contribution in [1.82, 2.24) is 15.1 Å². The molecule has 1 aromatic rings. The molecule has 2 heterocycles. The van der Waals surface area contributed by atoms with Gasteiger partial charge in [-0.05, 0) is 31.4 Å². The van der Waals surface area contributed by atoms with E-state index in [-0.39, 0.29) is 22.8 Å². The molecule has 1 atom stereocenters. The van der Waals surface area contributed by atoms with Crippen molar-refractivity contribution in [2.75, 3.05) is 6.54 Å². The number of halogens is 1. The van der Waals surface area contributed by atoms with Gasteiger partial charge in [-0.15, -0.1) is 10.2 Å². The van der Waals surface area contributed by atoms with Crippen molar-refractivity contribution in [2.24, 2.45) is 0 Å². The molecule has 0 aromatic carbocycles. The Morgan fingerprint density at radius 2 is 2.29 bits per heavy atom. The van der Waals surface area contributed by atoms with E-state index in [0.29, 0.717) is 6.54 Å². The molecule has 0 aliphatic carbocycles. The SMILES string of the molecule is N#CC1CCCCN1C(=O)c1ccc(Cl)nn1. The normalized spacial score (nSPS) is 19.8. The zero-order valence-corrected chi connectivity index (χ0v) is 9.89. The molecule has 1 unspecified atom stereocenters. The number of aromatic nitrogens is 2. The van der Waals surface area contributed by atoms with Gasteiger partial charge in [0.05, 0.1) is 6.07 Å². The van der Waals surface area contributed by atoms with Crippen LogP contribution in [-0.2, 0) is 0 Å². The largest absolute Gasteiger partial charge is 0.321 e. The van der Waals surface area contributed by atoms with E-state index in [4.69, 9.17) is 16.9 Å². The standard InChI is InChI=1S/C11H11ClN4O/c12-10-5-4-9(14-15-10)11(17)16-6-2-1-3-8(16)7-13/h4-5,8H,1-3,6H2. The molecule has 1 fully saturated rings. The van der Waals surface area contributed by atoms with E-state index in [9.17, 15) is 4.79 Å². The number of hydrogen-bond donors (Lipinski definition) is 0. The van der Waals surface area contributed by atoms with Crippen LogP contribution in [0, 0.1) is 11.3 Å². The Kier molecular flexibility index (Phi) is 3.55. The lowest BCUT2D eigenvalue weighted by Crippen LogP contribution is -2.43. The maximum atomic E-state index is 12.1. The lowest BCUT2D eigenvalue weighted by molar-refractivity contribution is 0.0663. The van der Waals surface area contributed by atoms with Crippen molar-refractivity contribution < 1.29 is 4.79 Å². The van der Waals surface area contributed by atoms with Crippen LogP contribution in [0.4, 0.5) is 0 Å². The van der Waals surface area contributed by atoms with E-state index in [1.807, 2.05) is 0 Å². The van der Waals surface area contributed by atoms with Crippen LogP contribution >= 0.6 is 11.6 Å². The van der Waals surface area contributed by atoms with E-state index in [2.05, 4.69) is 16.3 Å². The zero-order chi connectivity index (χ0) is 12.3. The summed E-state index contributed by atoms with van der Waals surface area (Å²) in [6, 6.07) is 4.84. The third kappa shape index (κ3) is 2.53. The Labute approximate surface area is 104 Å². The van der Waals surface area contributed by atoms with E-state index < -0.39 is 0 Å². The van der Waals surface area contributed by atoms with Gasteiger partial charge in [-0.25, -0.2) is 0 Å². The molecule has 1 amide bonds. The average Bonchev–Trinajstić information content (AvgIpc) is 2.39. The van der Waals surface area contributed by atoms with Gasteiger partial charge in [0.25, 0.3) is 5.91 Å². The van der Waals surface area contributed by atoms with E-state index in [1.165, 1.54) is 12.1 Å². The lowest BCUT2D eigenvalue weighted by Gasteiger charge is -2.30. The number of rotatable bonds is 1. The second kappa shape index (κ2) is 5.11. The minimum Gasteiger partial charge on any atom is -0.321 e. The summed E-state index contributed by atoms with van der Waals surface area (Å²) in [5.74, 6) is -0.250. The van der Waals surface area contributed by atoms with Crippen LogP contribution in [0.25, 0.3) is 0 Å². The molecule has 88 valence electrons. The van der Waals surface area contributed by atoms with E-state index >= 15 is 0 Å². The summed E-state index contributed by atoms with van der Waals surface area (Å²) in [4.78, 5) is 13.7. The Hall–Kier alpha value is -1.67. The quantitative estimate of drug-likeness (QED) is 0.760. The van der Waals surface area contributed by atoms with Crippen LogP contribution in [0.5, 0.6) is 0 Å². The summed E-state index contributed by atoms with van der Waals surface area (Å²) < 4.78 is 0. The lowest BCUT2D eigenvalue weighted by atomic mass is 10.0. The van der Waals surface area contributed by atoms with Gasteiger partial charge in [0, 0.05) is 6.54 Å². The van der Waals surface area contributed by atoms with Crippen molar-refractivity contribution in [1.29, 1.82) is 5.26 Å². The molecule has 1 aromatic heterocycles. The first-order valence-electron chi connectivity index (χ1n) is 5.42. The molecule has 0 saturated carbocycles. The van der Waals surface area contributed by atoms with Gasteiger partial charge >= 0.3 is 0 Å². The number of nitrogens with zero attached hydrogens (tertiary/aromatic N) is 4. The van der Waals surface area contributed by atoms with Gasteiger partial charge in [-0.3, -0.25) is 4.79 Å². The second-order valence-corrected chi connectivity index (χ2v) is 4.27. The highest BCUT2D eigenvalue weighted by atomic mass is 35.5. The number of nitriles is 1. The molecule has 0 spiro atoms. The monoisotopic (exact) mass is 250 g/mol. The topological polar surface area (TPSA) is 69.9 Å². The van der Waals surface area contributed by atoms with E-state index in [1.54, 1.807) is 4.90 Å². The van der Waals surface area contributed by atoms with Crippen molar-refractivity contribution in [3.8, 4) is 6.07 Å². The molecule has 0 radical (unpaired) electrons. The van der Waals surface area contributed by atoms with Crippen LogP contribution in [0.3, 0.4) is 0 Å². The molecule has 1 aliphatic rings. The minimum atomic E-state index is -0.353. The number of carbonyl (C=O) groups is 1. The number of amides is 1. The predicted molar refractivity (Wildman–Crippen MR) is 61.3 cm³/mol. The summed E-state index contributed by atoms with van der Waals surface area (Å²) in [6.07, 6.45) is 2.63. The highest BCUT2D eigenvalue weighted by Crippen LogP contribution is 2.18. The van der Waals surface area contributed by atoms with Gasteiger partial charge in [0.1, 0.15) is 6.04 Å². The van der Waals surface area contributed by atoms with Gasteiger partial charge in [-0.1, -0.05) is 11.6 Å². The molecule has 5 nitrogen and oxygen atoms in total. The number of carbonyl (C=O) groups excluding carboxylic acids is 1. The van der Waals surface area contributed by atoms with Crippen molar-refractivity contribution >= 4 is 17.5 Å². The number of hydrogen-bond acceptors (Lipinski definition) is 4. The number of likely N-dealkylation sites (tertiary alicyclic amines) is 1. The summed E-state index contributed by atoms with van der Waals surface area (Å²) in [5, 5.41) is 16.6. The van der Waals surface area contributed by atoms with Crippen molar-refractivity contribution in [3.63, 3.8) is 0 Å². The molecule has 17 heavy (non-hydrogen) atoms. The van der Waals surface area contributed by atoms with Gasteiger partial charge < -0.3 is 4.90 Å². The first-order chi connectivity index (χ1) is 8.22. The molecule has 1 aliphatic heterocycles. The van der Waals surface area contributed by atoms with Gasteiger partial charge in [0.2, 0.25) is 0 Å². The first-order valence-corrected chi connectivity index (χ1v) is 5.80. The highest BCUT2D eigenvalue weighted by Gasteiger charge is 2.28. The van der Waals surface area contributed by atoms with Gasteiger partial charge in [-0.2, -0.15) is 5.26 Å². The molecular weight excluding hydrogens is 240 g/mol. The van der Waals surface area contributed by atoms with Crippen LogP contribution in [0.2, 0.25) is 5.15 Å². The van der Waals surface area contributed by atoms with Crippen LogP contribution < -0.4 is 0 Å². The first kappa shape index (κ1) is 11.8. The van der Waals surface area contributed by atoms with Crippen molar-refractivity contribution in [3.05, 3.63) is 23.0 Å². The van der Waals surface area contributed by atoms with Crippen LogP contribution in [-0.4, -0.2) is 33.6 Å². The molecule has 1 saturated heterocycles. The summed E-state index contributed by atoms with van der Waals surface area (Å²) in [7, 11) is 0. The summed E-state index contributed by atoms with van der Waals surface area (Å²) in [5.41, 5.74) is 0.233. The molecule has 2 rings (SSSR count). The molecule has 0 N–H and O–H groups in total. The fourth-order valence-corrected chi connectivity index (χ4v) is 1.99. The molecule has 6 heteroatoms. The third-order valence-corrected chi connectivity index (χ3v) is 2.97. The Morgan fingerprint density at radius 1 is 1.47 bits per heavy atom. The van der Waals surface area contributed by atoms with Gasteiger partial charge in [0.15, 0.2) is 10.8 Å². The number of piperidine rings is 1. The fraction of sp³-hybridized carbons (Fsp3) is 0.455. The summed E-state index contributed by atoms with van der Waals surface area (Å²) >= 11 is 5.61.